The average Bonchev–Trinajstić information content (AvgIpc) is 3.16. The van der Waals surface area contributed by atoms with E-state index in [1.165, 1.54) is 11.8 Å². The first-order valence-electron chi connectivity index (χ1n) is 9.16. The van der Waals surface area contributed by atoms with E-state index in [0.29, 0.717) is 22.7 Å². The zero-order valence-electron chi connectivity index (χ0n) is 16.3. The molecule has 3 aromatic rings. The fraction of sp³-hybridized carbons (Fsp3) is 0.286. The molecule has 0 aliphatic carbocycles. The van der Waals surface area contributed by atoms with E-state index in [0.717, 1.165) is 28.9 Å². The van der Waals surface area contributed by atoms with Crippen molar-refractivity contribution < 1.29 is 13.9 Å². The fourth-order valence-corrected chi connectivity index (χ4v) is 3.27. The molecule has 0 aliphatic rings. The molecule has 0 unspecified atom stereocenters. The Morgan fingerprint density at radius 2 is 1.97 bits per heavy atom. The summed E-state index contributed by atoms with van der Waals surface area (Å²) in [6, 6.07) is 13.6. The lowest BCUT2D eigenvalue weighted by atomic mass is 10.1. The summed E-state index contributed by atoms with van der Waals surface area (Å²) < 4.78 is 11.3. The summed E-state index contributed by atoms with van der Waals surface area (Å²) in [4.78, 5) is 12.0. The molecular weight excluding hydrogens is 410 g/mol. The third-order valence-electron chi connectivity index (χ3n) is 4.12. The van der Waals surface area contributed by atoms with Crippen LogP contribution >= 0.6 is 23.4 Å². The van der Waals surface area contributed by atoms with E-state index in [1.807, 2.05) is 56.3 Å². The van der Waals surface area contributed by atoms with Crippen molar-refractivity contribution in [1.82, 2.24) is 15.5 Å². The van der Waals surface area contributed by atoms with Crippen LogP contribution in [0.5, 0.6) is 5.75 Å². The molecule has 1 amide bonds. The Bertz CT molecular complexity index is 960. The standard InChI is InChI=1S/C21H22ClN3O3S/c1-14-3-4-15(2)18(11-14)27-12-20-24-25-21(28-20)29-13-19(26)23-10-9-16-5-7-17(22)8-6-16/h3-8,11H,9-10,12-13H2,1-2H3,(H,23,26). The molecule has 8 heteroatoms. The molecule has 6 nitrogen and oxygen atoms in total. The molecule has 0 atom stereocenters. The van der Waals surface area contributed by atoms with Crippen molar-refractivity contribution in [3.63, 3.8) is 0 Å². The molecule has 0 radical (unpaired) electrons. The molecular formula is C21H22ClN3O3S. The first-order valence-corrected chi connectivity index (χ1v) is 10.5. The van der Waals surface area contributed by atoms with Crippen LogP contribution in [-0.2, 0) is 17.8 Å². The maximum atomic E-state index is 12.0. The van der Waals surface area contributed by atoms with Crippen LogP contribution in [0.1, 0.15) is 22.6 Å². The Balaban J connectivity index is 1.38. The van der Waals surface area contributed by atoms with E-state index in [1.54, 1.807) is 0 Å². The van der Waals surface area contributed by atoms with Gasteiger partial charge in [0.2, 0.25) is 5.91 Å². The largest absolute Gasteiger partial charge is 0.484 e. The summed E-state index contributed by atoms with van der Waals surface area (Å²) in [5, 5.41) is 11.8. The number of halogens is 1. The van der Waals surface area contributed by atoms with Gasteiger partial charge >= 0.3 is 0 Å². The number of rotatable bonds is 9. The highest BCUT2D eigenvalue weighted by atomic mass is 35.5. The molecule has 1 aromatic heterocycles. The lowest BCUT2D eigenvalue weighted by Gasteiger charge is -2.07. The monoisotopic (exact) mass is 431 g/mol. The van der Waals surface area contributed by atoms with Crippen molar-refractivity contribution >= 4 is 29.3 Å². The van der Waals surface area contributed by atoms with Crippen molar-refractivity contribution in [3.8, 4) is 5.75 Å². The van der Waals surface area contributed by atoms with Gasteiger partial charge in [-0.15, -0.1) is 10.2 Å². The number of hydrogen-bond donors (Lipinski definition) is 1. The van der Waals surface area contributed by atoms with Crippen LogP contribution in [0.3, 0.4) is 0 Å². The van der Waals surface area contributed by atoms with E-state index < -0.39 is 0 Å². The molecule has 0 aliphatic heterocycles. The Hall–Kier alpha value is -2.51. The highest BCUT2D eigenvalue weighted by molar-refractivity contribution is 7.99. The number of aryl methyl sites for hydroxylation is 2. The van der Waals surface area contributed by atoms with Gasteiger partial charge in [0.25, 0.3) is 11.1 Å². The minimum absolute atomic E-state index is 0.0876. The van der Waals surface area contributed by atoms with Gasteiger partial charge in [0, 0.05) is 11.6 Å². The van der Waals surface area contributed by atoms with Gasteiger partial charge in [-0.3, -0.25) is 4.79 Å². The quantitative estimate of drug-likeness (QED) is 0.507. The van der Waals surface area contributed by atoms with Gasteiger partial charge in [0.15, 0.2) is 6.61 Å². The molecule has 0 saturated carbocycles. The lowest BCUT2D eigenvalue weighted by Crippen LogP contribution is -2.27. The smallest absolute Gasteiger partial charge is 0.277 e. The molecule has 0 bridgehead atoms. The van der Waals surface area contributed by atoms with Gasteiger partial charge in [-0.25, -0.2) is 0 Å². The Kier molecular flexibility index (Phi) is 7.55. The topological polar surface area (TPSA) is 77.2 Å². The van der Waals surface area contributed by atoms with E-state index in [2.05, 4.69) is 15.5 Å². The summed E-state index contributed by atoms with van der Waals surface area (Å²) in [6.07, 6.45) is 0.744. The van der Waals surface area contributed by atoms with E-state index in [9.17, 15) is 4.79 Å². The van der Waals surface area contributed by atoms with Gasteiger partial charge in [0.05, 0.1) is 5.75 Å². The first kappa shape index (κ1) is 21.2. The van der Waals surface area contributed by atoms with Crippen LogP contribution in [0, 0.1) is 13.8 Å². The van der Waals surface area contributed by atoms with E-state index in [-0.39, 0.29) is 18.3 Å². The maximum absolute atomic E-state index is 12.0. The Morgan fingerprint density at radius 3 is 2.76 bits per heavy atom. The second-order valence-electron chi connectivity index (χ2n) is 6.53. The molecule has 0 saturated heterocycles. The zero-order chi connectivity index (χ0) is 20.6. The predicted molar refractivity (Wildman–Crippen MR) is 113 cm³/mol. The van der Waals surface area contributed by atoms with Crippen LogP contribution in [0.4, 0.5) is 0 Å². The number of aromatic nitrogens is 2. The third kappa shape index (κ3) is 6.80. The minimum Gasteiger partial charge on any atom is -0.484 e. The number of nitrogens with zero attached hydrogens (tertiary/aromatic N) is 2. The van der Waals surface area contributed by atoms with Crippen LogP contribution in [0.25, 0.3) is 0 Å². The molecule has 0 fully saturated rings. The molecule has 1 heterocycles. The molecule has 2 aromatic carbocycles. The highest BCUT2D eigenvalue weighted by Crippen LogP contribution is 2.21. The van der Waals surface area contributed by atoms with Crippen molar-refractivity contribution in [2.75, 3.05) is 12.3 Å². The number of hydrogen-bond acceptors (Lipinski definition) is 6. The number of carbonyl (C=O) groups excluding carboxylic acids is 1. The number of benzene rings is 2. The highest BCUT2D eigenvalue weighted by Gasteiger charge is 2.11. The summed E-state index contributed by atoms with van der Waals surface area (Å²) in [5.74, 6) is 1.28. The number of thioether (sulfide) groups is 1. The summed E-state index contributed by atoms with van der Waals surface area (Å²) in [7, 11) is 0. The van der Waals surface area contributed by atoms with Crippen molar-refractivity contribution in [2.45, 2.75) is 32.1 Å². The first-order chi connectivity index (χ1) is 14.0. The van der Waals surface area contributed by atoms with Crippen molar-refractivity contribution in [1.29, 1.82) is 0 Å². The third-order valence-corrected chi connectivity index (χ3v) is 5.19. The molecule has 152 valence electrons. The number of ether oxygens (including phenoxy) is 1. The van der Waals surface area contributed by atoms with E-state index >= 15 is 0 Å². The summed E-state index contributed by atoms with van der Waals surface area (Å²) >= 11 is 7.06. The number of amides is 1. The Labute approximate surface area is 179 Å². The van der Waals surface area contributed by atoms with Crippen LogP contribution in [-0.4, -0.2) is 28.4 Å². The van der Waals surface area contributed by atoms with Gasteiger partial charge in [0.1, 0.15) is 5.75 Å². The lowest BCUT2D eigenvalue weighted by molar-refractivity contribution is -0.118. The summed E-state index contributed by atoms with van der Waals surface area (Å²) in [6.45, 7) is 4.73. The second-order valence-corrected chi connectivity index (χ2v) is 7.90. The molecule has 0 spiro atoms. The Morgan fingerprint density at radius 1 is 1.17 bits per heavy atom. The van der Waals surface area contributed by atoms with Crippen LogP contribution < -0.4 is 10.1 Å². The van der Waals surface area contributed by atoms with Crippen molar-refractivity contribution in [3.05, 3.63) is 70.1 Å². The van der Waals surface area contributed by atoms with Crippen LogP contribution in [0.2, 0.25) is 5.02 Å². The fourth-order valence-electron chi connectivity index (χ4n) is 2.53. The van der Waals surface area contributed by atoms with Gasteiger partial charge in [-0.05, 0) is 55.2 Å². The average molecular weight is 432 g/mol. The zero-order valence-corrected chi connectivity index (χ0v) is 17.8. The maximum Gasteiger partial charge on any atom is 0.277 e. The minimum atomic E-state index is -0.0876. The molecule has 29 heavy (non-hydrogen) atoms. The predicted octanol–water partition coefficient (Wildman–Crippen LogP) is 4.37. The van der Waals surface area contributed by atoms with Crippen LogP contribution in [0.15, 0.2) is 52.1 Å². The second kappa shape index (κ2) is 10.3. The number of carbonyl (C=O) groups is 1. The molecule has 3 rings (SSSR count). The van der Waals surface area contributed by atoms with E-state index in [4.69, 9.17) is 20.8 Å². The normalized spacial score (nSPS) is 10.7. The number of nitrogens with one attached hydrogen (secondary N) is 1. The van der Waals surface area contributed by atoms with Gasteiger partial charge < -0.3 is 14.5 Å². The van der Waals surface area contributed by atoms with Crippen molar-refractivity contribution in [2.24, 2.45) is 0 Å². The SMILES string of the molecule is Cc1ccc(C)c(OCc2nnc(SCC(=O)NCCc3ccc(Cl)cc3)o2)c1. The van der Waals surface area contributed by atoms with Gasteiger partial charge in [-0.2, -0.15) is 0 Å². The summed E-state index contributed by atoms with van der Waals surface area (Å²) in [5.41, 5.74) is 3.28. The molecule has 1 N–H and O–H groups in total. The van der Waals surface area contributed by atoms with Gasteiger partial charge in [-0.1, -0.05) is 47.6 Å².